The summed E-state index contributed by atoms with van der Waals surface area (Å²) < 4.78 is 16.7. The Morgan fingerprint density at radius 3 is 2.93 bits per heavy atom. The molecule has 140 valence electrons. The number of pyridine rings is 1. The zero-order valence-corrected chi connectivity index (χ0v) is 15.3. The van der Waals surface area contributed by atoms with E-state index in [-0.39, 0.29) is 0 Å². The second-order valence-electron chi connectivity index (χ2n) is 6.55. The van der Waals surface area contributed by atoms with E-state index >= 15 is 0 Å². The molecule has 1 aliphatic heterocycles. The number of methoxy groups -OCH3 is 1. The summed E-state index contributed by atoms with van der Waals surface area (Å²) in [7, 11) is 1.62. The Bertz CT molecular complexity index is 986. The third-order valence-corrected chi connectivity index (χ3v) is 4.88. The molecular weight excluding hydrogens is 344 g/mol. The van der Waals surface area contributed by atoms with Crippen molar-refractivity contribution in [3.63, 3.8) is 0 Å². The lowest BCUT2D eigenvalue weighted by molar-refractivity contribution is 0.0322. The summed E-state index contributed by atoms with van der Waals surface area (Å²) in [4.78, 5) is 9.94. The van der Waals surface area contributed by atoms with Crippen LogP contribution in [0.25, 0.3) is 21.8 Å². The van der Waals surface area contributed by atoms with Crippen LogP contribution in [-0.2, 0) is 16.1 Å². The van der Waals surface area contributed by atoms with Crippen LogP contribution in [0.5, 0.6) is 5.75 Å². The first-order valence-corrected chi connectivity index (χ1v) is 9.05. The average Bonchev–Trinajstić information content (AvgIpc) is 3.07. The molecular formula is C20H22N4O3. The molecule has 0 aliphatic carbocycles. The number of fused-ring (bicyclic) bond motifs is 3. The summed E-state index contributed by atoms with van der Waals surface area (Å²) in [6, 6.07) is 8.15. The molecule has 1 fully saturated rings. The molecule has 1 aliphatic rings. The Kier molecular flexibility index (Phi) is 5.21. The highest BCUT2D eigenvalue weighted by atomic mass is 16.5. The number of nitriles is 1. The van der Waals surface area contributed by atoms with E-state index in [4.69, 9.17) is 14.2 Å². The fraction of sp³-hybridized carbons (Fsp3) is 0.400. The topological polar surface area (TPSA) is 83.4 Å². The fourth-order valence-corrected chi connectivity index (χ4v) is 3.53. The number of nitrogens with one attached hydrogen (secondary N) is 1. The van der Waals surface area contributed by atoms with Gasteiger partial charge in [0.15, 0.2) is 0 Å². The van der Waals surface area contributed by atoms with Crippen LogP contribution in [0.15, 0.2) is 24.4 Å². The van der Waals surface area contributed by atoms with Crippen molar-refractivity contribution in [2.75, 3.05) is 46.6 Å². The SMILES string of the molecule is COCc1c(C#N)ncc2[nH]c3ccc(OCCN4CCOCC4)cc3c12. The molecule has 3 aromatic rings. The molecule has 7 nitrogen and oxygen atoms in total. The highest BCUT2D eigenvalue weighted by Gasteiger charge is 2.15. The number of H-pyrrole nitrogens is 1. The van der Waals surface area contributed by atoms with Crippen LogP contribution < -0.4 is 4.74 Å². The highest BCUT2D eigenvalue weighted by Crippen LogP contribution is 2.32. The molecule has 27 heavy (non-hydrogen) atoms. The lowest BCUT2D eigenvalue weighted by Crippen LogP contribution is -2.38. The molecule has 4 rings (SSSR count). The number of aromatic nitrogens is 2. The van der Waals surface area contributed by atoms with Crippen molar-refractivity contribution in [2.45, 2.75) is 6.61 Å². The van der Waals surface area contributed by atoms with Gasteiger partial charge >= 0.3 is 0 Å². The average molecular weight is 366 g/mol. The number of benzene rings is 1. The van der Waals surface area contributed by atoms with Gasteiger partial charge in [0, 0.05) is 48.6 Å². The number of hydrogen-bond donors (Lipinski definition) is 1. The quantitative estimate of drug-likeness (QED) is 0.721. The number of hydrogen-bond acceptors (Lipinski definition) is 6. The Balaban J connectivity index is 1.62. The van der Waals surface area contributed by atoms with Gasteiger partial charge in [0.1, 0.15) is 24.1 Å². The Labute approximate surface area is 157 Å². The van der Waals surface area contributed by atoms with Crippen LogP contribution in [0.1, 0.15) is 11.3 Å². The number of ether oxygens (including phenoxy) is 3. The standard InChI is InChI=1S/C20H22N4O3/c1-25-13-16-18(11-21)22-12-19-20(16)15-10-14(2-3-17(15)23-19)27-9-6-24-4-7-26-8-5-24/h2-3,10,12,23H,4-9,13H2,1H3. The van der Waals surface area contributed by atoms with Crippen molar-refractivity contribution < 1.29 is 14.2 Å². The number of morpholine rings is 1. The van der Waals surface area contributed by atoms with E-state index in [1.54, 1.807) is 13.3 Å². The Morgan fingerprint density at radius 1 is 1.30 bits per heavy atom. The maximum Gasteiger partial charge on any atom is 0.146 e. The van der Waals surface area contributed by atoms with Gasteiger partial charge in [-0.2, -0.15) is 5.26 Å². The largest absolute Gasteiger partial charge is 0.492 e. The molecule has 0 radical (unpaired) electrons. The van der Waals surface area contributed by atoms with Crippen LogP contribution >= 0.6 is 0 Å². The summed E-state index contributed by atoms with van der Waals surface area (Å²) in [6.07, 6.45) is 1.70. The van der Waals surface area contributed by atoms with E-state index in [1.165, 1.54) is 0 Å². The molecule has 0 spiro atoms. The summed E-state index contributed by atoms with van der Waals surface area (Å²) in [5, 5.41) is 11.4. The lowest BCUT2D eigenvalue weighted by Gasteiger charge is -2.26. The third kappa shape index (κ3) is 3.60. The van der Waals surface area contributed by atoms with Crippen LogP contribution in [0, 0.1) is 11.3 Å². The molecule has 1 aromatic carbocycles. The van der Waals surface area contributed by atoms with Crippen LogP contribution in [0.3, 0.4) is 0 Å². The minimum Gasteiger partial charge on any atom is -0.492 e. The second kappa shape index (κ2) is 7.92. The van der Waals surface area contributed by atoms with Gasteiger partial charge in [-0.05, 0) is 18.2 Å². The smallest absolute Gasteiger partial charge is 0.146 e. The van der Waals surface area contributed by atoms with Crippen molar-refractivity contribution in [1.82, 2.24) is 14.9 Å². The van der Waals surface area contributed by atoms with Gasteiger partial charge in [-0.3, -0.25) is 4.90 Å². The normalized spacial score (nSPS) is 15.3. The first-order valence-electron chi connectivity index (χ1n) is 9.05. The lowest BCUT2D eigenvalue weighted by atomic mass is 10.1. The van der Waals surface area contributed by atoms with E-state index < -0.39 is 0 Å². The van der Waals surface area contributed by atoms with Crippen LogP contribution in [0.4, 0.5) is 0 Å². The first-order chi connectivity index (χ1) is 13.3. The van der Waals surface area contributed by atoms with Crippen LogP contribution in [-0.4, -0.2) is 61.4 Å². The highest BCUT2D eigenvalue weighted by molar-refractivity contribution is 6.09. The van der Waals surface area contributed by atoms with Gasteiger partial charge in [-0.1, -0.05) is 0 Å². The molecule has 7 heteroatoms. The first kappa shape index (κ1) is 17.7. The monoisotopic (exact) mass is 366 g/mol. The summed E-state index contributed by atoms with van der Waals surface area (Å²) in [5.74, 6) is 0.815. The molecule has 2 aromatic heterocycles. The maximum atomic E-state index is 9.39. The summed E-state index contributed by atoms with van der Waals surface area (Å²) in [6.45, 7) is 5.33. The molecule has 0 unspecified atom stereocenters. The summed E-state index contributed by atoms with van der Waals surface area (Å²) >= 11 is 0. The third-order valence-electron chi connectivity index (χ3n) is 4.88. The zero-order chi connectivity index (χ0) is 18.6. The number of rotatable bonds is 6. The number of nitrogens with zero attached hydrogens (tertiary/aromatic N) is 3. The predicted molar refractivity (Wildman–Crippen MR) is 102 cm³/mol. The van der Waals surface area contributed by atoms with E-state index in [2.05, 4.69) is 20.9 Å². The van der Waals surface area contributed by atoms with Crippen LogP contribution in [0.2, 0.25) is 0 Å². The van der Waals surface area contributed by atoms with Gasteiger partial charge in [0.05, 0.1) is 31.5 Å². The Morgan fingerprint density at radius 2 is 2.15 bits per heavy atom. The second-order valence-corrected chi connectivity index (χ2v) is 6.55. The minimum atomic E-state index is 0.336. The molecule has 0 bridgehead atoms. The summed E-state index contributed by atoms with van der Waals surface area (Å²) in [5.41, 5.74) is 3.07. The zero-order valence-electron chi connectivity index (χ0n) is 15.3. The molecule has 0 amide bonds. The van der Waals surface area contributed by atoms with E-state index in [1.807, 2.05) is 18.2 Å². The van der Waals surface area contributed by atoms with Crippen molar-refractivity contribution in [3.05, 3.63) is 35.7 Å². The molecule has 1 saturated heterocycles. The van der Waals surface area contributed by atoms with Crippen molar-refractivity contribution in [3.8, 4) is 11.8 Å². The molecule has 1 N–H and O–H groups in total. The minimum absolute atomic E-state index is 0.336. The van der Waals surface area contributed by atoms with E-state index in [0.29, 0.717) is 18.9 Å². The van der Waals surface area contributed by atoms with Gasteiger partial charge in [0.25, 0.3) is 0 Å². The molecule has 0 atom stereocenters. The maximum absolute atomic E-state index is 9.39. The van der Waals surface area contributed by atoms with E-state index in [0.717, 1.165) is 66.0 Å². The fourth-order valence-electron chi connectivity index (χ4n) is 3.53. The van der Waals surface area contributed by atoms with Crippen molar-refractivity contribution in [1.29, 1.82) is 5.26 Å². The predicted octanol–water partition coefficient (Wildman–Crippen LogP) is 2.45. The molecule has 0 saturated carbocycles. The number of aromatic amines is 1. The Hall–Kier alpha value is -2.66. The van der Waals surface area contributed by atoms with Gasteiger partial charge < -0.3 is 19.2 Å². The van der Waals surface area contributed by atoms with E-state index in [9.17, 15) is 5.26 Å². The van der Waals surface area contributed by atoms with Crippen molar-refractivity contribution in [2.24, 2.45) is 0 Å². The molecule has 3 heterocycles. The van der Waals surface area contributed by atoms with Gasteiger partial charge in [-0.25, -0.2) is 4.98 Å². The van der Waals surface area contributed by atoms with Gasteiger partial charge in [0.2, 0.25) is 0 Å². The van der Waals surface area contributed by atoms with Gasteiger partial charge in [-0.15, -0.1) is 0 Å². The van der Waals surface area contributed by atoms with Crippen molar-refractivity contribution >= 4 is 21.8 Å².